The Labute approximate surface area is 120 Å². The van der Waals surface area contributed by atoms with Gasteiger partial charge in [-0.2, -0.15) is 0 Å². The fraction of sp³-hybridized carbons (Fsp3) is 0.333. The molecule has 1 atom stereocenters. The van der Waals surface area contributed by atoms with Gasteiger partial charge in [-0.3, -0.25) is 0 Å². The number of ether oxygens (including phenoxy) is 2. The molecule has 104 valence electrons. The third kappa shape index (κ3) is 3.61. The number of rotatable bonds is 7. The minimum absolute atomic E-state index is 0.534. The maximum atomic E-state index is 5.95. The van der Waals surface area contributed by atoms with Crippen LogP contribution in [-0.2, 0) is 4.74 Å². The molecule has 1 unspecified atom stereocenters. The molecule has 0 saturated carbocycles. The first-order valence-electron chi connectivity index (χ1n) is 7.32. The zero-order chi connectivity index (χ0) is 13.6. The zero-order valence-corrected chi connectivity index (χ0v) is 11.6. The summed E-state index contributed by atoms with van der Waals surface area (Å²) in [6.45, 7) is 1.73. The standard InChI is InChI=1S/C18H20O2/c1-2-8-15(9-3-1)17-11-4-5-12-18(17)19-13-7-6-10-16-14-20-16/h1-5,8-9,11-12,16H,6-7,10,13-14H2. The van der Waals surface area contributed by atoms with Gasteiger partial charge in [0.15, 0.2) is 0 Å². The molecule has 0 amide bonds. The molecular formula is C18H20O2. The van der Waals surface area contributed by atoms with Crippen molar-refractivity contribution >= 4 is 0 Å². The largest absolute Gasteiger partial charge is 0.493 e. The van der Waals surface area contributed by atoms with E-state index in [1.54, 1.807) is 0 Å². The van der Waals surface area contributed by atoms with Crippen molar-refractivity contribution in [3.8, 4) is 16.9 Å². The molecule has 3 rings (SSSR count). The first-order chi connectivity index (χ1) is 9.93. The van der Waals surface area contributed by atoms with Gasteiger partial charge in [0.1, 0.15) is 5.75 Å². The van der Waals surface area contributed by atoms with Gasteiger partial charge in [-0.25, -0.2) is 0 Å². The minimum atomic E-state index is 0.534. The van der Waals surface area contributed by atoms with Gasteiger partial charge < -0.3 is 9.47 Å². The molecule has 1 aliphatic rings. The summed E-state index contributed by atoms with van der Waals surface area (Å²) in [5.74, 6) is 0.973. The van der Waals surface area contributed by atoms with Gasteiger partial charge >= 0.3 is 0 Å². The molecule has 0 aliphatic carbocycles. The second-order valence-electron chi connectivity index (χ2n) is 5.16. The van der Waals surface area contributed by atoms with E-state index >= 15 is 0 Å². The van der Waals surface area contributed by atoms with E-state index in [0.29, 0.717) is 6.10 Å². The summed E-state index contributed by atoms with van der Waals surface area (Å²) >= 11 is 0. The summed E-state index contributed by atoms with van der Waals surface area (Å²) in [7, 11) is 0. The molecule has 2 aromatic carbocycles. The van der Waals surface area contributed by atoms with Crippen LogP contribution in [0.1, 0.15) is 19.3 Å². The van der Waals surface area contributed by atoms with E-state index in [-0.39, 0.29) is 0 Å². The second kappa shape index (κ2) is 6.58. The Balaban J connectivity index is 1.58. The lowest BCUT2D eigenvalue weighted by atomic mass is 10.1. The molecule has 2 aromatic rings. The number of hydrogen-bond donors (Lipinski definition) is 0. The summed E-state index contributed by atoms with van der Waals surface area (Å²) in [5.41, 5.74) is 2.37. The maximum absolute atomic E-state index is 5.95. The van der Waals surface area contributed by atoms with Gasteiger partial charge in [0, 0.05) is 5.56 Å². The highest BCUT2D eigenvalue weighted by molar-refractivity contribution is 5.70. The van der Waals surface area contributed by atoms with Crippen molar-refractivity contribution in [2.24, 2.45) is 0 Å². The molecule has 0 N–H and O–H groups in total. The molecule has 2 nitrogen and oxygen atoms in total. The Hall–Kier alpha value is -1.80. The maximum Gasteiger partial charge on any atom is 0.127 e. The van der Waals surface area contributed by atoms with Crippen molar-refractivity contribution in [3.05, 3.63) is 54.6 Å². The highest BCUT2D eigenvalue weighted by atomic mass is 16.6. The van der Waals surface area contributed by atoms with E-state index in [9.17, 15) is 0 Å². The van der Waals surface area contributed by atoms with Gasteiger partial charge in [0.05, 0.1) is 19.3 Å². The Morgan fingerprint density at radius 2 is 1.70 bits per heavy atom. The number of unbranched alkanes of at least 4 members (excludes halogenated alkanes) is 1. The smallest absolute Gasteiger partial charge is 0.127 e. The molecule has 1 saturated heterocycles. The fourth-order valence-electron chi connectivity index (χ4n) is 2.34. The SMILES string of the molecule is c1ccc(-c2ccccc2OCCCCC2CO2)cc1. The predicted molar refractivity (Wildman–Crippen MR) is 81.0 cm³/mol. The van der Waals surface area contributed by atoms with E-state index in [2.05, 4.69) is 36.4 Å². The van der Waals surface area contributed by atoms with Gasteiger partial charge in [0.25, 0.3) is 0 Å². The van der Waals surface area contributed by atoms with Crippen molar-refractivity contribution in [2.45, 2.75) is 25.4 Å². The van der Waals surface area contributed by atoms with Crippen LogP contribution in [0.5, 0.6) is 5.75 Å². The molecular weight excluding hydrogens is 248 g/mol. The predicted octanol–water partition coefficient (Wildman–Crippen LogP) is 4.30. The van der Waals surface area contributed by atoms with Gasteiger partial charge in [-0.15, -0.1) is 0 Å². The quantitative estimate of drug-likeness (QED) is 0.551. The fourth-order valence-corrected chi connectivity index (χ4v) is 2.34. The summed E-state index contributed by atoms with van der Waals surface area (Å²) in [4.78, 5) is 0. The highest BCUT2D eigenvalue weighted by Crippen LogP contribution is 2.29. The van der Waals surface area contributed by atoms with Crippen LogP contribution in [0.15, 0.2) is 54.6 Å². The number of benzene rings is 2. The first-order valence-corrected chi connectivity index (χ1v) is 7.32. The van der Waals surface area contributed by atoms with Crippen LogP contribution in [0.2, 0.25) is 0 Å². The lowest BCUT2D eigenvalue weighted by molar-refractivity contribution is 0.300. The second-order valence-corrected chi connectivity index (χ2v) is 5.16. The van der Waals surface area contributed by atoms with Crippen molar-refractivity contribution in [1.29, 1.82) is 0 Å². The molecule has 0 spiro atoms. The normalized spacial score (nSPS) is 16.9. The summed E-state index contributed by atoms with van der Waals surface area (Å²) in [6, 6.07) is 18.6. The molecule has 0 bridgehead atoms. The Bertz CT molecular complexity index is 532. The third-order valence-electron chi connectivity index (χ3n) is 3.55. The van der Waals surface area contributed by atoms with Crippen molar-refractivity contribution < 1.29 is 9.47 Å². The number of epoxide rings is 1. The van der Waals surface area contributed by atoms with Crippen molar-refractivity contribution in [3.63, 3.8) is 0 Å². The van der Waals surface area contributed by atoms with Gasteiger partial charge in [-0.1, -0.05) is 48.5 Å². The van der Waals surface area contributed by atoms with Crippen molar-refractivity contribution in [1.82, 2.24) is 0 Å². The van der Waals surface area contributed by atoms with Crippen LogP contribution in [0, 0.1) is 0 Å². The summed E-state index contributed by atoms with van der Waals surface area (Å²) in [5, 5.41) is 0. The zero-order valence-electron chi connectivity index (χ0n) is 11.6. The minimum Gasteiger partial charge on any atom is -0.493 e. The topological polar surface area (TPSA) is 21.8 Å². The Morgan fingerprint density at radius 3 is 2.50 bits per heavy atom. The van der Waals surface area contributed by atoms with Crippen LogP contribution in [0.4, 0.5) is 0 Å². The van der Waals surface area contributed by atoms with E-state index in [1.165, 1.54) is 24.0 Å². The molecule has 1 aliphatic heterocycles. The van der Waals surface area contributed by atoms with E-state index in [1.807, 2.05) is 18.2 Å². The lowest BCUT2D eigenvalue weighted by Gasteiger charge is -2.11. The molecule has 2 heteroatoms. The van der Waals surface area contributed by atoms with Crippen LogP contribution in [0.25, 0.3) is 11.1 Å². The van der Waals surface area contributed by atoms with Gasteiger partial charge in [-0.05, 0) is 30.9 Å². The average Bonchev–Trinajstić information content (AvgIpc) is 3.32. The first kappa shape index (κ1) is 13.2. The van der Waals surface area contributed by atoms with Crippen LogP contribution < -0.4 is 4.74 Å². The van der Waals surface area contributed by atoms with Crippen molar-refractivity contribution in [2.75, 3.05) is 13.2 Å². The lowest BCUT2D eigenvalue weighted by Crippen LogP contribution is -1.99. The Kier molecular flexibility index (Phi) is 4.34. The molecule has 1 heterocycles. The van der Waals surface area contributed by atoms with E-state index < -0.39 is 0 Å². The molecule has 0 radical (unpaired) electrons. The summed E-state index contributed by atoms with van der Waals surface area (Å²) in [6.07, 6.45) is 3.97. The number of hydrogen-bond acceptors (Lipinski definition) is 2. The average molecular weight is 268 g/mol. The third-order valence-corrected chi connectivity index (χ3v) is 3.55. The van der Waals surface area contributed by atoms with E-state index in [0.717, 1.165) is 25.4 Å². The van der Waals surface area contributed by atoms with Crippen LogP contribution in [0.3, 0.4) is 0 Å². The Morgan fingerprint density at radius 1 is 0.950 bits per heavy atom. The molecule has 20 heavy (non-hydrogen) atoms. The van der Waals surface area contributed by atoms with E-state index in [4.69, 9.17) is 9.47 Å². The molecule has 0 aromatic heterocycles. The number of para-hydroxylation sites is 1. The van der Waals surface area contributed by atoms with Gasteiger partial charge in [0.2, 0.25) is 0 Å². The van der Waals surface area contributed by atoms with Crippen LogP contribution >= 0.6 is 0 Å². The highest BCUT2D eigenvalue weighted by Gasteiger charge is 2.20. The molecule has 1 fully saturated rings. The summed E-state index contributed by atoms with van der Waals surface area (Å²) < 4.78 is 11.2. The van der Waals surface area contributed by atoms with Crippen LogP contribution in [-0.4, -0.2) is 19.3 Å². The monoisotopic (exact) mass is 268 g/mol.